The summed E-state index contributed by atoms with van der Waals surface area (Å²) in [6.07, 6.45) is 3.88. The average Bonchev–Trinajstić information content (AvgIpc) is 3.55. The number of fused-ring (bicyclic) bond motifs is 1. The number of nitrogens with zero attached hydrogens (tertiary/aromatic N) is 4. The molecule has 2 amide bonds. The topological polar surface area (TPSA) is 90.5 Å². The van der Waals surface area contributed by atoms with Crippen LogP contribution in [0.4, 0.5) is 17.5 Å². The third kappa shape index (κ3) is 4.03. The second kappa shape index (κ2) is 8.01. The first-order valence-corrected chi connectivity index (χ1v) is 11.8. The van der Waals surface area contributed by atoms with Crippen molar-refractivity contribution < 1.29 is 9.59 Å². The summed E-state index contributed by atoms with van der Waals surface area (Å²) in [5, 5.41) is 6.04. The molecule has 8 heteroatoms. The molecule has 3 aliphatic rings. The van der Waals surface area contributed by atoms with E-state index in [1.165, 1.54) is 0 Å². The van der Waals surface area contributed by atoms with Gasteiger partial charge in [-0.2, -0.15) is 4.98 Å². The summed E-state index contributed by atoms with van der Waals surface area (Å²) in [6.45, 7) is 10.5. The van der Waals surface area contributed by atoms with Crippen LogP contribution in [-0.2, 0) is 4.79 Å². The maximum atomic E-state index is 12.6. The Bertz CT molecular complexity index is 1050. The lowest BCUT2D eigenvalue weighted by atomic mass is 9.71. The molecule has 33 heavy (non-hydrogen) atoms. The zero-order valence-electron chi connectivity index (χ0n) is 19.6. The van der Waals surface area contributed by atoms with Gasteiger partial charge in [-0.3, -0.25) is 9.59 Å². The summed E-state index contributed by atoms with van der Waals surface area (Å²) in [5.41, 5.74) is 1.54. The van der Waals surface area contributed by atoms with Crippen molar-refractivity contribution >= 4 is 29.3 Å². The van der Waals surface area contributed by atoms with Crippen LogP contribution < -0.4 is 15.5 Å². The zero-order chi connectivity index (χ0) is 23.2. The molecule has 2 atom stereocenters. The van der Waals surface area contributed by atoms with Gasteiger partial charge in [0, 0.05) is 66.9 Å². The zero-order valence-corrected chi connectivity index (χ0v) is 19.6. The van der Waals surface area contributed by atoms with Gasteiger partial charge in [-0.1, -0.05) is 13.8 Å². The van der Waals surface area contributed by atoms with E-state index >= 15 is 0 Å². The molecule has 0 unspecified atom stereocenters. The van der Waals surface area contributed by atoms with E-state index < -0.39 is 0 Å². The number of amides is 2. The molecular weight excluding hydrogens is 416 g/mol. The lowest BCUT2D eigenvalue weighted by molar-refractivity contribution is -0.132. The summed E-state index contributed by atoms with van der Waals surface area (Å²) in [6, 6.07) is 9.23. The average molecular weight is 449 g/mol. The molecule has 8 nitrogen and oxygen atoms in total. The van der Waals surface area contributed by atoms with Crippen molar-refractivity contribution in [2.75, 3.05) is 42.9 Å². The van der Waals surface area contributed by atoms with E-state index in [0.717, 1.165) is 50.5 Å². The first kappa shape index (κ1) is 21.7. The molecule has 1 aliphatic carbocycles. The number of nitrogens with one attached hydrogen (secondary N) is 2. The summed E-state index contributed by atoms with van der Waals surface area (Å²) in [7, 11) is 0. The van der Waals surface area contributed by atoms with Crippen molar-refractivity contribution in [2.45, 2.75) is 33.6 Å². The smallest absolute Gasteiger partial charge is 0.251 e. The molecule has 174 valence electrons. The number of hydrogen-bond acceptors (Lipinski definition) is 6. The molecule has 3 fully saturated rings. The first-order chi connectivity index (χ1) is 15.8. The van der Waals surface area contributed by atoms with Crippen molar-refractivity contribution in [1.29, 1.82) is 0 Å². The number of benzene rings is 1. The molecule has 1 aromatic carbocycles. The fourth-order valence-corrected chi connectivity index (χ4v) is 5.25. The highest BCUT2D eigenvalue weighted by Gasteiger charge is 2.59. The van der Waals surface area contributed by atoms with Gasteiger partial charge in [0.2, 0.25) is 11.9 Å². The summed E-state index contributed by atoms with van der Waals surface area (Å²) < 4.78 is 0. The van der Waals surface area contributed by atoms with Crippen LogP contribution in [0.15, 0.2) is 36.5 Å². The van der Waals surface area contributed by atoms with Gasteiger partial charge in [0.15, 0.2) is 0 Å². The third-order valence-corrected chi connectivity index (χ3v) is 7.56. The van der Waals surface area contributed by atoms with Crippen LogP contribution in [0.25, 0.3) is 0 Å². The van der Waals surface area contributed by atoms with Gasteiger partial charge in [-0.15, -0.1) is 0 Å². The van der Waals surface area contributed by atoms with Crippen LogP contribution in [0.2, 0.25) is 0 Å². The van der Waals surface area contributed by atoms with Crippen molar-refractivity contribution in [3.05, 3.63) is 42.1 Å². The fourth-order valence-electron chi connectivity index (χ4n) is 5.25. The van der Waals surface area contributed by atoms with E-state index in [0.29, 0.717) is 24.0 Å². The second-order valence-corrected chi connectivity index (χ2v) is 10.2. The van der Waals surface area contributed by atoms with Crippen molar-refractivity contribution in [3.8, 4) is 0 Å². The van der Waals surface area contributed by atoms with E-state index in [1.54, 1.807) is 18.3 Å². The highest BCUT2D eigenvalue weighted by atomic mass is 16.2. The number of hydrogen-bond donors (Lipinski definition) is 2. The molecular formula is C25H32N6O2. The monoisotopic (exact) mass is 448 g/mol. The van der Waals surface area contributed by atoms with Gasteiger partial charge in [-0.25, -0.2) is 4.98 Å². The van der Waals surface area contributed by atoms with E-state index in [4.69, 9.17) is 4.98 Å². The maximum absolute atomic E-state index is 12.6. The lowest BCUT2D eigenvalue weighted by Crippen LogP contribution is -2.36. The Hall–Kier alpha value is -3.16. The molecule has 2 N–H and O–H groups in total. The van der Waals surface area contributed by atoms with Crippen molar-refractivity contribution in [3.63, 3.8) is 0 Å². The molecule has 5 rings (SSSR count). The predicted octanol–water partition coefficient (Wildman–Crippen LogP) is 3.05. The molecule has 3 heterocycles. The minimum absolute atomic E-state index is 0.0466. The molecule has 2 aromatic rings. The molecule has 1 saturated carbocycles. The van der Waals surface area contributed by atoms with Crippen LogP contribution >= 0.6 is 0 Å². The van der Waals surface area contributed by atoms with Crippen molar-refractivity contribution in [1.82, 2.24) is 20.2 Å². The van der Waals surface area contributed by atoms with Crippen LogP contribution in [0, 0.1) is 16.7 Å². The Morgan fingerprint density at radius 2 is 1.70 bits per heavy atom. The van der Waals surface area contributed by atoms with Crippen LogP contribution in [0.1, 0.15) is 44.0 Å². The van der Waals surface area contributed by atoms with Gasteiger partial charge in [0.05, 0.1) is 0 Å². The maximum Gasteiger partial charge on any atom is 0.251 e. The minimum atomic E-state index is -0.0822. The van der Waals surface area contributed by atoms with Gasteiger partial charge < -0.3 is 20.4 Å². The summed E-state index contributed by atoms with van der Waals surface area (Å²) in [4.78, 5) is 38.2. The molecule has 0 radical (unpaired) electrons. The standard InChI is InChI=1S/C25H32N6O2/c1-4-26-21(32)17-7-9-19(10-8-17)28-23-27-12-11-20(29-23)30-13-24(2)15-31(16-25(24,3)14-30)22(33)18-5-6-18/h7-12,18H,4-6,13-16H2,1-3H3,(H,26,32)(H,27,28,29)/t24-,25+. The Morgan fingerprint density at radius 3 is 2.30 bits per heavy atom. The number of carbonyl (C=O) groups is 2. The molecule has 0 spiro atoms. The van der Waals surface area contributed by atoms with Gasteiger partial charge in [0.1, 0.15) is 5.82 Å². The van der Waals surface area contributed by atoms with E-state index in [2.05, 4.69) is 39.3 Å². The van der Waals surface area contributed by atoms with Crippen LogP contribution in [0.3, 0.4) is 0 Å². The lowest BCUT2D eigenvalue weighted by Gasteiger charge is -2.29. The quantitative estimate of drug-likeness (QED) is 0.706. The molecule has 2 saturated heterocycles. The Labute approximate surface area is 194 Å². The second-order valence-electron chi connectivity index (χ2n) is 10.2. The summed E-state index contributed by atoms with van der Waals surface area (Å²) >= 11 is 0. The summed E-state index contributed by atoms with van der Waals surface area (Å²) in [5.74, 6) is 1.96. The predicted molar refractivity (Wildman–Crippen MR) is 127 cm³/mol. The van der Waals surface area contributed by atoms with E-state index in [9.17, 15) is 9.59 Å². The van der Waals surface area contributed by atoms with Gasteiger partial charge in [0.25, 0.3) is 5.91 Å². The molecule has 1 aromatic heterocycles. The third-order valence-electron chi connectivity index (χ3n) is 7.56. The first-order valence-electron chi connectivity index (χ1n) is 11.8. The van der Waals surface area contributed by atoms with E-state index in [-0.39, 0.29) is 22.7 Å². The number of carbonyl (C=O) groups excluding carboxylic acids is 2. The van der Waals surface area contributed by atoms with E-state index in [1.807, 2.05) is 25.1 Å². The number of aromatic nitrogens is 2. The number of anilines is 3. The minimum Gasteiger partial charge on any atom is -0.355 e. The van der Waals surface area contributed by atoms with Gasteiger partial charge >= 0.3 is 0 Å². The number of rotatable bonds is 6. The van der Waals surface area contributed by atoms with Crippen LogP contribution in [0.5, 0.6) is 0 Å². The SMILES string of the molecule is CCNC(=O)c1ccc(Nc2nccc(N3C[C@]4(C)CN(C(=O)C5CC5)C[C@]4(C)C3)n2)cc1. The fraction of sp³-hybridized carbons (Fsp3) is 0.520. The normalized spacial score (nSPS) is 26.3. The Balaban J connectivity index is 1.27. The number of likely N-dealkylation sites (tertiary alicyclic amines) is 1. The van der Waals surface area contributed by atoms with Crippen molar-refractivity contribution in [2.24, 2.45) is 16.7 Å². The Morgan fingerprint density at radius 1 is 1.03 bits per heavy atom. The highest BCUT2D eigenvalue weighted by molar-refractivity contribution is 5.94. The van der Waals surface area contributed by atoms with Gasteiger partial charge in [-0.05, 0) is 50.1 Å². The Kier molecular flexibility index (Phi) is 5.26. The van der Waals surface area contributed by atoms with Crippen LogP contribution in [-0.4, -0.2) is 59.4 Å². The largest absolute Gasteiger partial charge is 0.355 e. The molecule has 0 bridgehead atoms. The highest BCUT2D eigenvalue weighted by Crippen LogP contribution is 2.53. The molecule has 2 aliphatic heterocycles.